The maximum atomic E-state index is 14.1. The van der Waals surface area contributed by atoms with Crippen LogP contribution in [-0.4, -0.2) is 115 Å². The zero-order chi connectivity index (χ0) is 40.6. The van der Waals surface area contributed by atoms with Crippen LogP contribution in [0, 0.1) is 11.8 Å². The molecule has 0 saturated carbocycles. The van der Waals surface area contributed by atoms with E-state index in [0.29, 0.717) is 25.2 Å². The third-order valence-corrected chi connectivity index (χ3v) is 11.6. The minimum atomic E-state index is -4.64. The number of alkyl halides is 3. The minimum Gasteiger partial charge on any atom is -0.469 e. The number of carbonyl (C=O) groups excluding carboxylic acids is 5. The molecule has 0 bridgehead atoms. The summed E-state index contributed by atoms with van der Waals surface area (Å²) < 4.78 is 55.5. The van der Waals surface area contributed by atoms with E-state index in [1.165, 1.54) is 24.3 Å². The number of likely N-dealkylation sites (tertiary alicyclic amines) is 1. The number of thiazole rings is 2. The van der Waals surface area contributed by atoms with E-state index in [1.54, 1.807) is 20.9 Å². The number of hydrogen-bond acceptors (Lipinski definition) is 13. The molecule has 2 aromatic rings. The maximum absolute atomic E-state index is 14.1. The molecule has 3 amide bonds. The number of aromatic nitrogens is 2. The number of halogens is 3. The Morgan fingerprint density at radius 2 is 1.80 bits per heavy atom. The summed E-state index contributed by atoms with van der Waals surface area (Å²) >= 11 is 1.83. The zero-order valence-corrected chi connectivity index (χ0v) is 33.4. The molecule has 0 aromatic carbocycles. The summed E-state index contributed by atoms with van der Waals surface area (Å²) in [5, 5.41) is 8.44. The summed E-state index contributed by atoms with van der Waals surface area (Å²) in [5.41, 5.74) is -0.535. The SMILES string of the molecule is C=C(C)[C@@H](C[C@@H](OC(C)=O)c1nc(C(=O)N[C@@H](Cc2nc(C(F)(F)F)cs2)C[C@H](C)C(=O)OC)cs1)N(C)C(=O)[C@@H](NC(=O)[C@H]1CCCCN1C)C1COC1. The van der Waals surface area contributed by atoms with Crippen molar-refractivity contribution in [2.24, 2.45) is 11.8 Å². The fourth-order valence-electron chi connectivity index (χ4n) is 6.61. The van der Waals surface area contributed by atoms with Crippen LogP contribution in [-0.2, 0) is 46.0 Å². The normalized spacial score (nSPS) is 19.2. The molecule has 2 N–H and O–H groups in total. The number of ether oxygens (including phenoxy) is 3. The van der Waals surface area contributed by atoms with Crippen LogP contribution < -0.4 is 10.6 Å². The van der Waals surface area contributed by atoms with E-state index < -0.39 is 59.9 Å². The predicted molar refractivity (Wildman–Crippen MR) is 197 cm³/mol. The second-order valence-electron chi connectivity index (χ2n) is 14.2. The lowest BCUT2D eigenvalue weighted by atomic mass is 9.93. The van der Waals surface area contributed by atoms with Gasteiger partial charge < -0.3 is 29.7 Å². The largest absolute Gasteiger partial charge is 0.469 e. The number of piperidine rings is 1. The van der Waals surface area contributed by atoms with E-state index in [9.17, 15) is 37.1 Å². The van der Waals surface area contributed by atoms with Gasteiger partial charge in [0.05, 0.1) is 43.3 Å². The number of hydrogen-bond donors (Lipinski definition) is 2. The smallest absolute Gasteiger partial charge is 0.434 e. The molecular formula is C36H49F3N6O8S2. The van der Waals surface area contributed by atoms with E-state index in [1.807, 2.05) is 11.9 Å². The van der Waals surface area contributed by atoms with Gasteiger partial charge in [-0.25, -0.2) is 9.97 Å². The van der Waals surface area contributed by atoms with Crippen molar-refractivity contribution in [1.29, 1.82) is 0 Å². The molecular weight excluding hydrogens is 766 g/mol. The standard InChI is InChI=1S/C36H49F3N6O8S2/c1-19(2)26(45(6)34(49)30(22-15-52-16-22)43-32(48)25-10-8-9-11-44(25)5)14-27(53-21(4)46)33-41-24(17-55-33)31(47)40-23(12-20(3)35(50)51-7)13-29-42-28(18-54-29)36(37,38)39/h17-18,20,22-23,25-27,30H,1,8-16H2,2-7H3,(H,40,47)(H,43,48)/t20-,23+,25+,26+,27+,30-/m0/s1. The molecule has 4 heterocycles. The number of amides is 3. The van der Waals surface area contributed by atoms with Gasteiger partial charge in [0.2, 0.25) is 11.8 Å². The highest BCUT2D eigenvalue weighted by Gasteiger charge is 2.41. The topological polar surface area (TPSA) is 169 Å². The molecule has 14 nitrogen and oxygen atoms in total. The Bertz CT molecular complexity index is 1700. The Labute approximate surface area is 326 Å². The van der Waals surface area contributed by atoms with Crippen molar-refractivity contribution in [3.8, 4) is 0 Å². The zero-order valence-electron chi connectivity index (χ0n) is 31.8. The lowest BCUT2D eigenvalue weighted by Gasteiger charge is -2.40. The number of methoxy groups -OCH3 is 1. The Morgan fingerprint density at radius 1 is 1.09 bits per heavy atom. The number of esters is 2. The highest BCUT2D eigenvalue weighted by molar-refractivity contribution is 7.10. The minimum absolute atomic E-state index is 0.0315. The number of rotatable bonds is 17. The van der Waals surface area contributed by atoms with Crippen LogP contribution in [0.5, 0.6) is 0 Å². The van der Waals surface area contributed by atoms with Crippen LogP contribution in [0.25, 0.3) is 0 Å². The van der Waals surface area contributed by atoms with Crippen molar-refractivity contribution in [2.75, 3.05) is 41.0 Å². The summed E-state index contributed by atoms with van der Waals surface area (Å²) in [6.45, 7) is 10.0. The van der Waals surface area contributed by atoms with Gasteiger partial charge in [0.15, 0.2) is 11.8 Å². The van der Waals surface area contributed by atoms with Crippen molar-refractivity contribution in [1.82, 2.24) is 30.4 Å². The first-order valence-corrected chi connectivity index (χ1v) is 19.7. The first-order chi connectivity index (χ1) is 25.9. The molecule has 0 spiro atoms. The quantitative estimate of drug-likeness (QED) is 0.174. The van der Waals surface area contributed by atoms with Gasteiger partial charge in [0, 0.05) is 49.5 Å². The van der Waals surface area contributed by atoms with Crippen LogP contribution >= 0.6 is 22.7 Å². The Morgan fingerprint density at radius 3 is 2.36 bits per heavy atom. The molecule has 2 aliphatic rings. The van der Waals surface area contributed by atoms with Crippen LogP contribution in [0.4, 0.5) is 13.2 Å². The molecule has 2 fully saturated rings. The van der Waals surface area contributed by atoms with Crippen molar-refractivity contribution in [3.05, 3.63) is 44.3 Å². The van der Waals surface area contributed by atoms with Gasteiger partial charge in [0.25, 0.3) is 5.91 Å². The fraction of sp³-hybridized carbons (Fsp3) is 0.639. The average molecular weight is 815 g/mol. The first-order valence-electron chi connectivity index (χ1n) is 17.9. The molecule has 55 heavy (non-hydrogen) atoms. The molecule has 304 valence electrons. The Kier molecular flexibility index (Phi) is 15.3. The monoisotopic (exact) mass is 814 g/mol. The Hall–Kier alpha value is -3.94. The molecule has 4 rings (SSSR count). The average Bonchev–Trinajstić information content (AvgIpc) is 3.79. The summed E-state index contributed by atoms with van der Waals surface area (Å²) in [6.07, 6.45) is -3.07. The summed E-state index contributed by atoms with van der Waals surface area (Å²) in [6, 6.07) is -2.70. The van der Waals surface area contributed by atoms with Gasteiger partial charge in [-0.1, -0.05) is 25.5 Å². The second-order valence-corrected chi connectivity index (χ2v) is 16.0. The fourth-order valence-corrected chi connectivity index (χ4v) is 8.33. The lowest BCUT2D eigenvalue weighted by Crippen LogP contribution is -2.60. The highest BCUT2D eigenvalue weighted by Crippen LogP contribution is 2.32. The third-order valence-electron chi connectivity index (χ3n) is 9.77. The van der Waals surface area contributed by atoms with Crippen molar-refractivity contribution in [3.63, 3.8) is 0 Å². The van der Waals surface area contributed by atoms with Gasteiger partial charge in [-0.15, -0.1) is 22.7 Å². The Balaban J connectivity index is 1.51. The van der Waals surface area contributed by atoms with Crippen molar-refractivity contribution >= 4 is 52.3 Å². The van der Waals surface area contributed by atoms with Crippen LogP contribution in [0.1, 0.15) is 85.2 Å². The van der Waals surface area contributed by atoms with Gasteiger partial charge in [-0.2, -0.15) is 13.2 Å². The molecule has 0 aliphatic carbocycles. The molecule has 0 radical (unpaired) electrons. The van der Waals surface area contributed by atoms with E-state index in [0.717, 1.165) is 47.4 Å². The van der Waals surface area contributed by atoms with Gasteiger partial charge >= 0.3 is 18.1 Å². The number of nitrogens with one attached hydrogen (secondary N) is 2. The van der Waals surface area contributed by atoms with Crippen molar-refractivity contribution < 1.29 is 51.4 Å². The predicted octanol–water partition coefficient (Wildman–Crippen LogP) is 4.17. The van der Waals surface area contributed by atoms with E-state index in [4.69, 9.17) is 14.2 Å². The third kappa shape index (κ3) is 11.8. The van der Waals surface area contributed by atoms with E-state index in [2.05, 4.69) is 27.2 Å². The van der Waals surface area contributed by atoms with E-state index in [-0.39, 0.29) is 58.7 Å². The van der Waals surface area contributed by atoms with Gasteiger partial charge in [-0.3, -0.25) is 28.9 Å². The highest BCUT2D eigenvalue weighted by atomic mass is 32.1. The summed E-state index contributed by atoms with van der Waals surface area (Å²) in [7, 11) is 4.69. The molecule has 2 aliphatic heterocycles. The lowest BCUT2D eigenvalue weighted by molar-refractivity contribution is -0.150. The van der Waals surface area contributed by atoms with Gasteiger partial charge in [-0.05, 0) is 39.8 Å². The van der Waals surface area contributed by atoms with Crippen LogP contribution in [0.2, 0.25) is 0 Å². The summed E-state index contributed by atoms with van der Waals surface area (Å²) in [5.74, 6) is -3.38. The van der Waals surface area contributed by atoms with Crippen LogP contribution in [0.15, 0.2) is 22.9 Å². The number of likely N-dealkylation sites (N-methyl/N-ethyl adjacent to an activating group) is 2. The first kappa shape index (κ1) is 43.8. The second kappa shape index (κ2) is 19.3. The van der Waals surface area contributed by atoms with Crippen LogP contribution in [0.3, 0.4) is 0 Å². The molecule has 19 heteroatoms. The van der Waals surface area contributed by atoms with E-state index >= 15 is 0 Å². The molecule has 6 atom stereocenters. The molecule has 2 saturated heterocycles. The maximum Gasteiger partial charge on any atom is 0.434 e. The molecule has 0 unspecified atom stereocenters. The van der Waals surface area contributed by atoms with Gasteiger partial charge in [0.1, 0.15) is 16.7 Å². The molecule has 2 aromatic heterocycles. The summed E-state index contributed by atoms with van der Waals surface area (Å²) in [4.78, 5) is 77.1. The number of nitrogens with zero attached hydrogens (tertiary/aromatic N) is 4. The van der Waals surface area contributed by atoms with Crippen molar-refractivity contribution in [2.45, 2.75) is 95.7 Å². The number of carbonyl (C=O) groups is 5.